The van der Waals surface area contributed by atoms with Crippen molar-refractivity contribution in [3.63, 3.8) is 0 Å². The van der Waals surface area contributed by atoms with Crippen molar-refractivity contribution in [2.75, 3.05) is 31.0 Å². The summed E-state index contributed by atoms with van der Waals surface area (Å²) in [4.78, 5) is 28.8. The van der Waals surface area contributed by atoms with E-state index in [1.807, 2.05) is 29.9 Å². The summed E-state index contributed by atoms with van der Waals surface area (Å²) in [6.45, 7) is 1.31. The van der Waals surface area contributed by atoms with Crippen molar-refractivity contribution in [3.8, 4) is 17.0 Å². The van der Waals surface area contributed by atoms with Crippen LogP contribution in [0.5, 0.6) is 5.75 Å². The van der Waals surface area contributed by atoms with Crippen LogP contribution in [0.4, 0.5) is 21.0 Å². The van der Waals surface area contributed by atoms with E-state index in [4.69, 9.17) is 14.2 Å². The highest BCUT2D eigenvalue weighted by atomic mass is 16.6. The van der Waals surface area contributed by atoms with Crippen LogP contribution in [0.15, 0.2) is 55.0 Å². The molecule has 10 nitrogen and oxygen atoms in total. The summed E-state index contributed by atoms with van der Waals surface area (Å²) >= 11 is 0. The molecule has 0 unspecified atom stereocenters. The van der Waals surface area contributed by atoms with Gasteiger partial charge in [-0.05, 0) is 29.8 Å². The van der Waals surface area contributed by atoms with Crippen LogP contribution in [0.25, 0.3) is 11.3 Å². The van der Waals surface area contributed by atoms with Gasteiger partial charge in [-0.2, -0.15) is 0 Å². The van der Waals surface area contributed by atoms with Gasteiger partial charge in [-0.1, -0.05) is 12.1 Å². The van der Waals surface area contributed by atoms with Crippen LogP contribution in [0.1, 0.15) is 12.0 Å². The number of methoxy groups -OCH3 is 1. The Balaban J connectivity index is 1.32. The monoisotopic (exact) mass is 465 g/mol. The third-order valence-corrected chi connectivity index (χ3v) is 5.22. The van der Waals surface area contributed by atoms with E-state index in [-0.39, 0.29) is 12.6 Å². The predicted molar refractivity (Wildman–Crippen MR) is 127 cm³/mol. The number of nitrogens with one attached hydrogen (secondary N) is 3. The number of urea groups is 1. The second-order valence-electron chi connectivity index (χ2n) is 7.86. The zero-order chi connectivity index (χ0) is 23.9. The van der Waals surface area contributed by atoms with E-state index in [0.29, 0.717) is 36.8 Å². The lowest BCUT2D eigenvalue weighted by molar-refractivity contribution is 0.0828. The number of aryl methyl sites for hydroxylation is 1. The SMILES string of the molecule is COc1cc(NC(=O)Nc2cccc(CNC(=O)O[C@H]3CCOC3)c2)ccc1-c1cn(C)cn1. The van der Waals surface area contributed by atoms with Gasteiger partial charge in [0.25, 0.3) is 0 Å². The highest BCUT2D eigenvalue weighted by Gasteiger charge is 2.19. The molecule has 1 aliphatic rings. The lowest BCUT2D eigenvalue weighted by Crippen LogP contribution is -2.28. The summed E-state index contributed by atoms with van der Waals surface area (Å²) in [5.41, 5.74) is 3.59. The number of hydrogen-bond donors (Lipinski definition) is 3. The fraction of sp³-hybridized carbons (Fsp3) is 0.292. The maximum atomic E-state index is 12.5. The first-order valence-electron chi connectivity index (χ1n) is 10.9. The van der Waals surface area contributed by atoms with Gasteiger partial charge < -0.3 is 34.7 Å². The van der Waals surface area contributed by atoms with E-state index in [9.17, 15) is 9.59 Å². The average Bonchev–Trinajstić information content (AvgIpc) is 3.49. The molecule has 2 aromatic carbocycles. The number of carbonyl (C=O) groups excluding carboxylic acids is 2. The molecule has 2 heterocycles. The predicted octanol–water partition coefficient (Wildman–Crippen LogP) is 3.75. The quantitative estimate of drug-likeness (QED) is 0.489. The van der Waals surface area contributed by atoms with Crippen molar-refractivity contribution in [1.82, 2.24) is 14.9 Å². The zero-order valence-electron chi connectivity index (χ0n) is 19.0. The number of imidazole rings is 1. The molecule has 0 aliphatic carbocycles. The molecule has 1 aromatic heterocycles. The van der Waals surface area contributed by atoms with Gasteiger partial charge in [-0.15, -0.1) is 0 Å². The number of nitrogens with zero attached hydrogens (tertiary/aromatic N) is 2. The van der Waals surface area contributed by atoms with Gasteiger partial charge in [0.2, 0.25) is 0 Å². The summed E-state index contributed by atoms with van der Waals surface area (Å²) in [7, 11) is 3.47. The van der Waals surface area contributed by atoms with Crippen LogP contribution in [0.2, 0.25) is 0 Å². The number of hydrogen-bond acceptors (Lipinski definition) is 6. The minimum absolute atomic E-state index is 0.201. The molecule has 0 bridgehead atoms. The van der Waals surface area contributed by atoms with Crippen molar-refractivity contribution in [2.45, 2.75) is 19.1 Å². The molecule has 1 aliphatic heterocycles. The Morgan fingerprint density at radius 3 is 2.71 bits per heavy atom. The Kier molecular flexibility index (Phi) is 7.28. The molecule has 0 saturated carbocycles. The minimum Gasteiger partial charge on any atom is -0.496 e. The summed E-state index contributed by atoms with van der Waals surface area (Å²) in [6.07, 6.45) is 3.62. The first-order chi connectivity index (χ1) is 16.5. The molecule has 3 N–H and O–H groups in total. The van der Waals surface area contributed by atoms with Crippen LogP contribution in [-0.2, 0) is 23.1 Å². The number of anilines is 2. The number of alkyl carbamates (subject to hydrolysis) is 1. The highest BCUT2D eigenvalue weighted by Crippen LogP contribution is 2.31. The number of rotatable bonds is 7. The Bertz CT molecular complexity index is 1160. The van der Waals surface area contributed by atoms with E-state index in [1.54, 1.807) is 43.8 Å². The maximum absolute atomic E-state index is 12.5. The zero-order valence-corrected chi connectivity index (χ0v) is 19.0. The van der Waals surface area contributed by atoms with Gasteiger partial charge in [-0.3, -0.25) is 0 Å². The molecule has 3 aromatic rings. The number of benzene rings is 2. The molecule has 3 amide bonds. The molecule has 34 heavy (non-hydrogen) atoms. The molecule has 1 fully saturated rings. The normalized spacial score (nSPS) is 14.9. The highest BCUT2D eigenvalue weighted by molar-refractivity contribution is 6.00. The van der Waals surface area contributed by atoms with Crippen LogP contribution in [0.3, 0.4) is 0 Å². The largest absolute Gasteiger partial charge is 0.496 e. The van der Waals surface area contributed by atoms with Crippen molar-refractivity contribution in [1.29, 1.82) is 0 Å². The molecule has 1 atom stereocenters. The summed E-state index contributed by atoms with van der Waals surface area (Å²) in [6, 6.07) is 12.2. The first kappa shape index (κ1) is 23.1. The summed E-state index contributed by atoms with van der Waals surface area (Å²) in [5, 5.41) is 8.31. The van der Waals surface area contributed by atoms with Crippen LogP contribution in [-0.4, -0.2) is 48.1 Å². The Morgan fingerprint density at radius 1 is 1.18 bits per heavy atom. The third-order valence-electron chi connectivity index (χ3n) is 5.22. The summed E-state index contributed by atoms with van der Waals surface area (Å²) in [5.74, 6) is 0.598. The summed E-state index contributed by atoms with van der Waals surface area (Å²) < 4.78 is 17.8. The maximum Gasteiger partial charge on any atom is 0.407 e. The molecule has 4 rings (SSSR count). The number of carbonyl (C=O) groups is 2. The number of ether oxygens (including phenoxy) is 3. The van der Waals surface area contributed by atoms with Crippen LogP contribution >= 0.6 is 0 Å². The third kappa shape index (κ3) is 6.04. The minimum atomic E-state index is -0.491. The topological polar surface area (TPSA) is 116 Å². The van der Waals surface area contributed by atoms with Gasteiger partial charge in [0.05, 0.1) is 32.3 Å². The van der Waals surface area contributed by atoms with Crippen molar-refractivity contribution < 1.29 is 23.8 Å². The van der Waals surface area contributed by atoms with E-state index < -0.39 is 12.1 Å². The van der Waals surface area contributed by atoms with Crippen molar-refractivity contribution in [3.05, 3.63) is 60.6 Å². The fourth-order valence-electron chi connectivity index (χ4n) is 3.56. The Labute approximate surface area is 197 Å². The van der Waals surface area contributed by atoms with E-state index >= 15 is 0 Å². The van der Waals surface area contributed by atoms with E-state index in [1.165, 1.54) is 0 Å². The lowest BCUT2D eigenvalue weighted by Gasteiger charge is -2.13. The Hall–Kier alpha value is -4.05. The molecule has 10 heteroatoms. The standard InChI is InChI=1S/C24H27N5O5/c1-29-13-21(26-15-29)20-7-6-18(11-22(20)32-2)28-23(30)27-17-5-3-4-16(10-17)12-25-24(31)34-19-8-9-33-14-19/h3-7,10-11,13,15,19H,8-9,12,14H2,1-2H3,(H,25,31)(H2,27,28,30)/t19-/m0/s1. The van der Waals surface area contributed by atoms with Gasteiger partial charge >= 0.3 is 12.1 Å². The van der Waals surface area contributed by atoms with Gasteiger partial charge in [0, 0.05) is 49.2 Å². The molecule has 178 valence electrons. The van der Waals surface area contributed by atoms with Gasteiger partial charge in [-0.25, -0.2) is 14.6 Å². The molecule has 0 radical (unpaired) electrons. The fourth-order valence-corrected chi connectivity index (χ4v) is 3.56. The second-order valence-corrected chi connectivity index (χ2v) is 7.86. The molecule has 0 spiro atoms. The van der Waals surface area contributed by atoms with Gasteiger partial charge in [0.1, 0.15) is 11.9 Å². The molecular formula is C24H27N5O5. The molecule has 1 saturated heterocycles. The second kappa shape index (κ2) is 10.7. The average molecular weight is 466 g/mol. The first-order valence-corrected chi connectivity index (χ1v) is 10.9. The van der Waals surface area contributed by atoms with Crippen molar-refractivity contribution in [2.24, 2.45) is 7.05 Å². The number of amides is 3. The lowest BCUT2D eigenvalue weighted by atomic mass is 10.1. The van der Waals surface area contributed by atoms with Crippen LogP contribution < -0.4 is 20.7 Å². The van der Waals surface area contributed by atoms with Gasteiger partial charge in [0.15, 0.2) is 0 Å². The van der Waals surface area contributed by atoms with E-state index in [2.05, 4.69) is 20.9 Å². The van der Waals surface area contributed by atoms with Crippen molar-refractivity contribution >= 4 is 23.5 Å². The van der Waals surface area contributed by atoms with Crippen LogP contribution in [0, 0.1) is 0 Å². The Morgan fingerprint density at radius 2 is 2.00 bits per heavy atom. The smallest absolute Gasteiger partial charge is 0.407 e. The molecular weight excluding hydrogens is 438 g/mol. The van der Waals surface area contributed by atoms with E-state index in [0.717, 1.165) is 16.8 Å². The number of aromatic nitrogens is 2.